The smallest absolute Gasteiger partial charge is 0.335 e. The fourth-order valence-electron chi connectivity index (χ4n) is 1.69. The Morgan fingerprint density at radius 1 is 1.10 bits per heavy atom. The summed E-state index contributed by atoms with van der Waals surface area (Å²) in [4.78, 5) is 36.0. The van der Waals surface area contributed by atoms with Gasteiger partial charge in [0.1, 0.15) is 6.54 Å². The molecule has 1 aromatic carbocycles. The monoisotopic (exact) mass is 279 g/mol. The van der Waals surface area contributed by atoms with E-state index in [0.29, 0.717) is 6.54 Å². The molecule has 3 amide bonds. The Morgan fingerprint density at radius 2 is 1.65 bits per heavy atom. The van der Waals surface area contributed by atoms with Crippen LogP contribution in [0.4, 0.5) is 4.79 Å². The molecule has 0 aliphatic rings. The molecule has 0 fully saturated rings. The van der Waals surface area contributed by atoms with Crippen LogP contribution in [0.3, 0.4) is 0 Å². The van der Waals surface area contributed by atoms with Crippen molar-refractivity contribution in [3.63, 3.8) is 0 Å². The maximum absolute atomic E-state index is 11.9. The molecule has 0 aliphatic heterocycles. The Hall–Kier alpha value is -2.57. The second-order valence-electron chi connectivity index (χ2n) is 4.46. The van der Waals surface area contributed by atoms with Gasteiger partial charge < -0.3 is 20.6 Å². The lowest BCUT2D eigenvalue weighted by Gasteiger charge is -2.24. The van der Waals surface area contributed by atoms with Crippen molar-refractivity contribution >= 4 is 17.9 Å². The number of rotatable bonds is 5. The Labute approximate surface area is 116 Å². The molecule has 3 N–H and O–H groups in total. The van der Waals surface area contributed by atoms with E-state index >= 15 is 0 Å². The first-order valence-corrected chi connectivity index (χ1v) is 5.88. The standard InChI is InChI=1S/C13H17N3O4/c1-15(13(20)16(2)8-11(14)17)7-9-3-5-10(6-4-9)12(18)19/h3-6H,7-8H2,1-2H3,(H2,14,17)(H,18,19). The number of primary amides is 1. The lowest BCUT2D eigenvalue weighted by Crippen LogP contribution is -2.42. The Kier molecular flexibility index (Phi) is 5.08. The van der Waals surface area contributed by atoms with Gasteiger partial charge in [-0.2, -0.15) is 0 Å². The second-order valence-corrected chi connectivity index (χ2v) is 4.46. The molecule has 0 saturated heterocycles. The van der Waals surface area contributed by atoms with Gasteiger partial charge in [0.25, 0.3) is 0 Å². The predicted molar refractivity (Wildman–Crippen MR) is 72.1 cm³/mol. The lowest BCUT2D eigenvalue weighted by atomic mass is 10.1. The zero-order valence-electron chi connectivity index (χ0n) is 11.4. The maximum atomic E-state index is 11.9. The summed E-state index contributed by atoms with van der Waals surface area (Å²) in [7, 11) is 3.07. The third-order valence-electron chi connectivity index (χ3n) is 2.67. The number of carboxylic acid groups (broad SMARTS) is 1. The van der Waals surface area contributed by atoms with Crippen molar-refractivity contribution in [2.24, 2.45) is 5.73 Å². The van der Waals surface area contributed by atoms with Crippen LogP contribution in [0.25, 0.3) is 0 Å². The highest BCUT2D eigenvalue weighted by Gasteiger charge is 2.16. The van der Waals surface area contributed by atoms with E-state index in [1.54, 1.807) is 19.2 Å². The first-order chi connectivity index (χ1) is 9.31. The number of hydrogen-bond donors (Lipinski definition) is 2. The van der Waals surface area contributed by atoms with Crippen LogP contribution >= 0.6 is 0 Å². The maximum Gasteiger partial charge on any atom is 0.335 e. The molecule has 0 unspecified atom stereocenters. The molecular weight excluding hydrogens is 262 g/mol. The number of aromatic carboxylic acids is 1. The van der Waals surface area contributed by atoms with Crippen molar-refractivity contribution in [1.29, 1.82) is 0 Å². The summed E-state index contributed by atoms with van der Waals surface area (Å²) in [6.07, 6.45) is 0. The van der Waals surface area contributed by atoms with Crippen molar-refractivity contribution < 1.29 is 19.5 Å². The van der Waals surface area contributed by atoms with Crippen LogP contribution < -0.4 is 5.73 Å². The molecule has 0 aromatic heterocycles. The minimum absolute atomic E-state index is 0.152. The minimum Gasteiger partial charge on any atom is -0.478 e. The molecule has 0 saturated carbocycles. The van der Waals surface area contributed by atoms with Crippen LogP contribution in [0, 0.1) is 0 Å². The van der Waals surface area contributed by atoms with Gasteiger partial charge in [0.2, 0.25) is 5.91 Å². The van der Waals surface area contributed by atoms with Gasteiger partial charge in [0, 0.05) is 20.6 Å². The van der Waals surface area contributed by atoms with Crippen LogP contribution in [0.2, 0.25) is 0 Å². The second kappa shape index (κ2) is 6.55. The van der Waals surface area contributed by atoms with Crippen LogP contribution in [-0.4, -0.2) is 53.5 Å². The highest BCUT2D eigenvalue weighted by atomic mass is 16.4. The largest absolute Gasteiger partial charge is 0.478 e. The summed E-state index contributed by atoms with van der Waals surface area (Å²) in [5.74, 6) is -1.58. The van der Waals surface area contributed by atoms with Crippen molar-refractivity contribution in [3.05, 3.63) is 35.4 Å². The first-order valence-electron chi connectivity index (χ1n) is 5.88. The molecule has 0 aliphatic carbocycles. The average molecular weight is 279 g/mol. The topological polar surface area (TPSA) is 104 Å². The fourth-order valence-corrected chi connectivity index (χ4v) is 1.69. The van der Waals surface area contributed by atoms with E-state index < -0.39 is 11.9 Å². The first kappa shape index (κ1) is 15.5. The van der Waals surface area contributed by atoms with Crippen molar-refractivity contribution in [3.8, 4) is 0 Å². The number of carbonyl (C=O) groups is 3. The quantitative estimate of drug-likeness (QED) is 0.811. The number of amides is 3. The molecule has 0 spiro atoms. The number of hydrogen-bond acceptors (Lipinski definition) is 3. The Morgan fingerprint density at radius 3 is 2.10 bits per heavy atom. The van der Waals surface area contributed by atoms with Crippen LogP contribution in [0.15, 0.2) is 24.3 Å². The molecule has 7 nitrogen and oxygen atoms in total. The molecule has 0 radical (unpaired) electrons. The summed E-state index contributed by atoms with van der Waals surface area (Å²) in [5.41, 5.74) is 6.00. The number of carboxylic acids is 1. The number of benzene rings is 1. The van der Waals surface area contributed by atoms with Crippen molar-refractivity contribution in [2.75, 3.05) is 20.6 Å². The SMILES string of the molecule is CN(CC(N)=O)C(=O)N(C)Cc1ccc(C(=O)O)cc1. The number of carbonyl (C=O) groups excluding carboxylic acids is 2. The summed E-state index contributed by atoms with van der Waals surface area (Å²) in [6, 6.07) is 5.89. The number of likely N-dealkylation sites (N-methyl/N-ethyl adjacent to an activating group) is 1. The lowest BCUT2D eigenvalue weighted by molar-refractivity contribution is -0.118. The van der Waals surface area contributed by atoms with Crippen LogP contribution in [-0.2, 0) is 11.3 Å². The summed E-state index contributed by atoms with van der Waals surface area (Å²) in [5, 5.41) is 8.79. The molecule has 0 bridgehead atoms. The predicted octanol–water partition coefficient (Wildman–Crippen LogP) is 0.354. The molecule has 0 heterocycles. The third-order valence-corrected chi connectivity index (χ3v) is 2.67. The number of urea groups is 1. The summed E-state index contributed by atoms with van der Waals surface area (Å²) >= 11 is 0. The highest BCUT2D eigenvalue weighted by molar-refractivity contribution is 5.87. The Bertz CT molecular complexity index is 513. The molecule has 7 heteroatoms. The van der Waals surface area contributed by atoms with E-state index in [9.17, 15) is 14.4 Å². The van der Waals surface area contributed by atoms with E-state index in [2.05, 4.69) is 0 Å². The third kappa shape index (κ3) is 4.27. The molecule has 20 heavy (non-hydrogen) atoms. The molecule has 1 aromatic rings. The number of nitrogens with two attached hydrogens (primary N) is 1. The summed E-state index contributed by atoms with van der Waals surface area (Å²) in [6.45, 7) is 0.156. The highest BCUT2D eigenvalue weighted by Crippen LogP contribution is 2.08. The summed E-state index contributed by atoms with van der Waals surface area (Å²) < 4.78 is 0. The molecule has 108 valence electrons. The molecular formula is C13H17N3O4. The number of nitrogens with zero attached hydrogens (tertiary/aromatic N) is 2. The van der Waals surface area contributed by atoms with Gasteiger partial charge >= 0.3 is 12.0 Å². The van der Waals surface area contributed by atoms with Gasteiger partial charge in [-0.3, -0.25) is 4.79 Å². The normalized spacial score (nSPS) is 9.90. The van der Waals surface area contributed by atoms with Crippen LogP contribution in [0.5, 0.6) is 0 Å². The van der Waals surface area contributed by atoms with Crippen LogP contribution in [0.1, 0.15) is 15.9 Å². The van der Waals surface area contributed by atoms with Gasteiger partial charge in [0.05, 0.1) is 5.56 Å². The Balaban J connectivity index is 2.65. The van der Waals surface area contributed by atoms with Gasteiger partial charge in [-0.05, 0) is 17.7 Å². The van der Waals surface area contributed by atoms with Crippen molar-refractivity contribution in [2.45, 2.75) is 6.54 Å². The fraction of sp³-hybridized carbons (Fsp3) is 0.308. The molecule has 0 atom stereocenters. The minimum atomic E-state index is -0.998. The van der Waals surface area contributed by atoms with Gasteiger partial charge in [-0.25, -0.2) is 9.59 Å². The van der Waals surface area contributed by atoms with Gasteiger partial charge in [0.15, 0.2) is 0 Å². The van der Waals surface area contributed by atoms with E-state index in [-0.39, 0.29) is 18.1 Å². The van der Waals surface area contributed by atoms with E-state index in [1.165, 1.54) is 29.0 Å². The molecule has 1 rings (SSSR count). The van der Waals surface area contributed by atoms with Crippen molar-refractivity contribution in [1.82, 2.24) is 9.80 Å². The zero-order valence-corrected chi connectivity index (χ0v) is 11.4. The van der Waals surface area contributed by atoms with E-state index in [1.807, 2.05) is 0 Å². The van der Waals surface area contributed by atoms with E-state index in [0.717, 1.165) is 5.56 Å². The van der Waals surface area contributed by atoms with Gasteiger partial charge in [-0.1, -0.05) is 12.1 Å². The average Bonchev–Trinajstić information content (AvgIpc) is 2.37. The van der Waals surface area contributed by atoms with Gasteiger partial charge in [-0.15, -0.1) is 0 Å². The zero-order chi connectivity index (χ0) is 15.3. The van der Waals surface area contributed by atoms with E-state index in [4.69, 9.17) is 10.8 Å².